The lowest BCUT2D eigenvalue weighted by atomic mass is 10.2. The van der Waals surface area contributed by atoms with E-state index in [-0.39, 0.29) is 24.0 Å². The first-order valence-electron chi connectivity index (χ1n) is 8.74. The molecule has 0 aromatic heterocycles. The summed E-state index contributed by atoms with van der Waals surface area (Å²) in [6.45, 7) is 13.4. The van der Waals surface area contributed by atoms with E-state index in [1.165, 1.54) is 5.69 Å². The highest BCUT2D eigenvalue weighted by molar-refractivity contribution is 14.0. The van der Waals surface area contributed by atoms with Gasteiger partial charge in [0.05, 0.1) is 6.54 Å². The normalized spacial score (nSPS) is 17.3. The molecule has 0 bridgehead atoms. The number of nitrogens with two attached hydrogens (primary N) is 1. The van der Waals surface area contributed by atoms with Crippen LogP contribution in [-0.2, 0) is 0 Å². The van der Waals surface area contributed by atoms with Gasteiger partial charge in [-0.2, -0.15) is 0 Å². The van der Waals surface area contributed by atoms with Crippen LogP contribution in [0.3, 0.4) is 0 Å². The van der Waals surface area contributed by atoms with Crippen molar-refractivity contribution in [1.29, 1.82) is 0 Å². The lowest BCUT2D eigenvalue weighted by Crippen LogP contribution is -2.50. The molecule has 0 radical (unpaired) electrons. The lowest BCUT2D eigenvalue weighted by molar-refractivity contribution is 0.201. The predicted molar refractivity (Wildman–Crippen MR) is 115 cm³/mol. The molecule has 1 aliphatic rings. The third-order valence-electron chi connectivity index (χ3n) is 4.66. The highest BCUT2D eigenvalue weighted by Crippen LogP contribution is 2.16. The molecule has 2 N–H and O–H groups in total. The smallest absolute Gasteiger partial charge is 0.191 e. The quantitative estimate of drug-likeness (QED) is 0.415. The molecule has 2 rings (SSSR count). The monoisotopic (exact) mass is 445 g/mol. The van der Waals surface area contributed by atoms with Crippen molar-refractivity contribution in [2.24, 2.45) is 10.7 Å². The number of aliphatic imine (C=N–C) groups is 1. The fraction of sp³-hybridized carbons (Fsp3) is 0.611. The van der Waals surface area contributed by atoms with E-state index < -0.39 is 0 Å². The van der Waals surface area contributed by atoms with Crippen LogP contribution in [0, 0.1) is 0 Å². The number of nitrogens with zero attached hydrogens (tertiary/aromatic N) is 4. The highest BCUT2D eigenvalue weighted by atomic mass is 127. The van der Waals surface area contributed by atoms with E-state index in [4.69, 9.17) is 5.73 Å². The van der Waals surface area contributed by atoms with E-state index >= 15 is 0 Å². The van der Waals surface area contributed by atoms with Crippen molar-refractivity contribution in [3.8, 4) is 0 Å². The largest absolute Gasteiger partial charge is 0.370 e. The molecule has 1 fully saturated rings. The molecule has 1 atom stereocenters. The Hall–Kier alpha value is -1.02. The summed E-state index contributed by atoms with van der Waals surface area (Å²) in [6.07, 6.45) is 0. The maximum Gasteiger partial charge on any atom is 0.191 e. The van der Waals surface area contributed by atoms with E-state index in [9.17, 15) is 0 Å². The predicted octanol–water partition coefficient (Wildman–Crippen LogP) is 2.47. The first kappa shape index (κ1) is 21.0. The summed E-state index contributed by atoms with van der Waals surface area (Å²) in [5.74, 6) is 0.671. The Morgan fingerprint density at radius 1 is 1.12 bits per heavy atom. The Bertz CT molecular complexity index is 481. The molecule has 1 aromatic rings. The maximum absolute atomic E-state index is 6.06. The van der Waals surface area contributed by atoms with Gasteiger partial charge in [0.1, 0.15) is 0 Å². The van der Waals surface area contributed by atoms with Gasteiger partial charge in [-0.1, -0.05) is 18.2 Å². The van der Waals surface area contributed by atoms with Gasteiger partial charge < -0.3 is 15.5 Å². The number of hydrogen-bond donors (Lipinski definition) is 1. The zero-order valence-corrected chi connectivity index (χ0v) is 17.5. The Labute approximate surface area is 163 Å². The van der Waals surface area contributed by atoms with Crippen molar-refractivity contribution >= 4 is 35.6 Å². The zero-order chi connectivity index (χ0) is 16.7. The van der Waals surface area contributed by atoms with Crippen molar-refractivity contribution in [3.05, 3.63) is 30.3 Å². The van der Waals surface area contributed by atoms with Gasteiger partial charge in [-0.25, -0.2) is 0 Å². The summed E-state index contributed by atoms with van der Waals surface area (Å²) in [7, 11) is 0. The van der Waals surface area contributed by atoms with E-state index in [0.717, 1.165) is 45.8 Å². The van der Waals surface area contributed by atoms with Crippen LogP contribution in [-0.4, -0.2) is 67.6 Å². The molecule has 1 unspecified atom stereocenters. The Kier molecular flexibility index (Phi) is 9.43. The first-order valence-corrected chi connectivity index (χ1v) is 8.74. The average Bonchev–Trinajstić information content (AvgIpc) is 2.61. The molecule has 136 valence electrons. The highest BCUT2D eigenvalue weighted by Gasteiger charge is 2.21. The fourth-order valence-electron chi connectivity index (χ4n) is 3.05. The number of anilines is 1. The van der Waals surface area contributed by atoms with Crippen LogP contribution in [0.4, 0.5) is 5.69 Å². The van der Waals surface area contributed by atoms with Gasteiger partial charge in [-0.3, -0.25) is 9.89 Å². The third-order valence-corrected chi connectivity index (χ3v) is 4.66. The molecule has 0 amide bonds. The van der Waals surface area contributed by atoms with E-state index in [0.29, 0.717) is 12.0 Å². The topological polar surface area (TPSA) is 48.1 Å². The summed E-state index contributed by atoms with van der Waals surface area (Å²) in [4.78, 5) is 11.6. The van der Waals surface area contributed by atoms with Crippen LogP contribution in [0.5, 0.6) is 0 Å². The summed E-state index contributed by atoms with van der Waals surface area (Å²) in [6, 6.07) is 11.1. The van der Waals surface area contributed by atoms with Gasteiger partial charge in [-0.05, 0) is 32.9 Å². The molecule has 0 aliphatic carbocycles. The molecule has 0 spiro atoms. The number of rotatable bonds is 6. The molecule has 5 nitrogen and oxygen atoms in total. The first-order chi connectivity index (χ1) is 11.2. The van der Waals surface area contributed by atoms with Crippen LogP contribution in [0.1, 0.15) is 20.8 Å². The molecule has 6 heteroatoms. The molecule has 1 heterocycles. The van der Waals surface area contributed by atoms with Gasteiger partial charge in [0.15, 0.2) is 5.96 Å². The van der Waals surface area contributed by atoms with Gasteiger partial charge in [-0.15, -0.1) is 24.0 Å². The number of benzene rings is 1. The van der Waals surface area contributed by atoms with E-state index in [1.54, 1.807) is 0 Å². The summed E-state index contributed by atoms with van der Waals surface area (Å²) in [5, 5.41) is 0. The van der Waals surface area contributed by atoms with Crippen LogP contribution in [0.2, 0.25) is 0 Å². The maximum atomic E-state index is 6.06. The standard InChI is InChI=1S/C18H31N5.HI/c1-4-21(5-2)18(19)20-15-16(3)22-11-13-23(14-12-22)17-9-7-6-8-10-17;/h6-10,16H,4-5,11-15H2,1-3H3,(H2,19,20);1H. The number of guanidine groups is 1. The molecule has 1 aromatic carbocycles. The second kappa shape index (κ2) is 10.8. The number of halogens is 1. The van der Waals surface area contributed by atoms with Crippen molar-refractivity contribution in [2.45, 2.75) is 26.8 Å². The summed E-state index contributed by atoms with van der Waals surface area (Å²) < 4.78 is 0. The van der Waals surface area contributed by atoms with E-state index in [2.05, 4.69) is 70.8 Å². The second-order valence-electron chi connectivity index (χ2n) is 6.08. The van der Waals surface area contributed by atoms with Crippen LogP contribution in [0.25, 0.3) is 0 Å². The number of piperazine rings is 1. The Morgan fingerprint density at radius 2 is 1.71 bits per heavy atom. The molecule has 1 aliphatic heterocycles. The third kappa shape index (κ3) is 5.81. The summed E-state index contributed by atoms with van der Waals surface area (Å²) >= 11 is 0. The van der Waals surface area contributed by atoms with Crippen molar-refractivity contribution in [1.82, 2.24) is 9.80 Å². The van der Waals surface area contributed by atoms with Gasteiger partial charge in [0.25, 0.3) is 0 Å². The average molecular weight is 445 g/mol. The molecule has 24 heavy (non-hydrogen) atoms. The van der Waals surface area contributed by atoms with Crippen LogP contribution < -0.4 is 10.6 Å². The molecule has 0 saturated carbocycles. The van der Waals surface area contributed by atoms with Gasteiger partial charge >= 0.3 is 0 Å². The fourth-order valence-corrected chi connectivity index (χ4v) is 3.05. The second-order valence-corrected chi connectivity index (χ2v) is 6.08. The van der Waals surface area contributed by atoms with Crippen molar-refractivity contribution in [3.63, 3.8) is 0 Å². The SMILES string of the molecule is CCN(CC)C(N)=NCC(C)N1CCN(c2ccccc2)CC1.I. The molecule has 1 saturated heterocycles. The lowest BCUT2D eigenvalue weighted by Gasteiger charge is -2.38. The number of hydrogen-bond acceptors (Lipinski definition) is 3. The van der Waals surface area contributed by atoms with Gasteiger partial charge in [0.2, 0.25) is 0 Å². The molecular weight excluding hydrogens is 413 g/mol. The Balaban J connectivity index is 0.00000288. The van der Waals surface area contributed by atoms with Gasteiger partial charge in [0, 0.05) is 51.0 Å². The zero-order valence-electron chi connectivity index (χ0n) is 15.2. The minimum Gasteiger partial charge on any atom is -0.370 e. The molecular formula is C18H32IN5. The number of para-hydroxylation sites is 1. The van der Waals surface area contributed by atoms with Crippen molar-refractivity contribution in [2.75, 3.05) is 50.7 Å². The van der Waals surface area contributed by atoms with E-state index in [1.807, 2.05) is 0 Å². The van der Waals surface area contributed by atoms with Crippen LogP contribution >= 0.6 is 24.0 Å². The minimum atomic E-state index is 0. The Morgan fingerprint density at radius 3 is 2.25 bits per heavy atom. The minimum absolute atomic E-state index is 0. The summed E-state index contributed by atoms with van der Waals surface area (Å²) in [5.41, 5.74) is 7.39. The van der Waals surface area contributed by atoms with Crippen LogP contribution in [0.15, 0.2) is 35.3 Å². The van der Waals surface area contributed by atoms with Crippen molar-refractivity contribution < 1.29 is 0 Å².